The standard InChI is InChI=1S/C9H13Se/c10-8-4-3-7-9-5-1-2-6-9/h1-2,5-6,9H,3-4,7-8H2. The van der Waals surface area contributed by atoms with Crippen molar-refractivity contribution >= 4 is 16.0 Å². The first kappa shape index (κ1) is 8.10. The van der Waals surface area contributed by atoms with Crippen molar-refractivity contribution in [3.8, 4) is 0 Å². The van der Waals surface area contributed by atoms with Gasteiger partial charge in [0.2, 0.25) is 0 Å². The summed E-state index contributed by atoms with van der Waals surface area (Å²) in [6.07, 6.45) is 12.9. The maximum atomic E-state index is 3.03. The SMILES string of the molecule is [Se]CCCCC1C=CC=C1. The van der Waals surface area contributed by atoms with Gasteiger partial charge in [-0.25, -0.2) is 0 Å². The third kappa shape index (κ3) is 2.72. The molecule has 1 radical (unpaired) electrons. The van der Waals surface area contributed by atoms with E-state index in [-0.39, 0.29) is 0 Å². The zero-order valence-corrected chi connectivity index (χ0v) is 7.84. The van der Waals surface area contributed by atoms with Gasteiger partial charge >= 0.3 is 70.8 Å². The molecule has 0 N–H and O–H groups in total. The maximum absolute atomic E-state index is 3.03. The van der Waals surface area contributed by atoms with Gasteiger partial charge in [0.05, 0.1) is 0 Å². The number of allylic oxidation sites excluding steroid dienone is 4. The van der Waals surface area contributed by atoms with Crippen LogP contribution in [0.25, 0.3) is 0 Å². The molecular formula is C9H13Se. The van der Waals surface area contributed by atoms with Gasteiger partial charge in [0.1, 0.15) is 0 Å². The molecule has 0 atom stereocenters. The third-order valence-electron chi connectivity index (χ3n) is 1.76. The fraction of sp³-hybridized carbons (Fsp3) is 0.556. The molecule has 0 aromatic rings. The molecule has 10 heavy (non-hydrogen) atoms. The minimum absolute atomic E-state index is 0.742. The van der Waals surface area contributed by atoms with E-state index < -0.39 is 0 Å². The molecule has 0 aromatic carbocycles. The van der Waals surface area contributed by atoms with E-state index in [2.05, 4.69) is 40.3 Å². The normalized spacial score (nSPS) is 16.9. The third-order valence-corrected chi connectivity index (χ3v) is 2.37. The molecule has 1 rings (SSSR count). The molecule has 0 nitrogen and oxygen atoms in total. The molecule has 0 heterocycles. The summed E-state index contributed by atoms with van der Waals surface area (Å²) in [5.74, 6) is 0.742. The van der Waals surface area contributed by atoms with E-state index in [9.17, 15) is 0 Å². The van der Waals surface area contributed by atoms with Crippen LogP contribution in [0.4, 0.5) is 0 Å². The monoisotopic (exact) mass is 201 g/mol. The summed E-state index contributed by atoms with van der Waals surface area (Å²) in [4.78, 5) is 0. The van der Waals surface area contributed by atoms with Gasteiger partial charge in [0, 0.05) is 0 Å². The predicted molar refractivity (Wildman–Crippen MR) is 46.2 cm³/mol. The molecule has 0 bridgehead atoms. The molecule has 1 aliphatic rings. The molecule has 0 aliphatic heterocycles. The number of hydrogen-bond donors (Lipinski definition) is 0. The molecule has 0 saturated carbocycles. The number of hydrogen-bond acceptors (Lipinski definition) is 0. The van der Waals surface area contributed by atoms with Crippen molar-refractivity contribution in [2.24, 2.45) is 5.92 Å². The summed E-state index contributed by atoms with van der Waals surface area (Å²) in [5.41, 5.74) is 0. The zero-order chi connectivity index (χ0) is 7.23. The zero-order valence-electron chi connectivity index (χ0n) is 6.12. The van der Waals surface area contributed by atoms with Crippen LogP contribution in [0.2, 0.25) is 5.32 Å². The van der Waals surface area contributed by atoms with Gasteiger partial charge in [0.25, 0.3) is 0 Å². The first-order chi connectivity index (χ1) is 4.93. The Morgan fingerprint density at radius 3 is 2.40 bits per heavy atom. The molecule has 0 fully saturated rings. The van der Waals surface area contributed by atoms with Crippen LogP contribution >= 0.6 is 0 Å². The Morgan fingerprint density at radius 1 is 1.10 bits per heavy atom. The Morgan fingerprint density at radius 2 is 1.80 bits per heavy atom. The quantitative estimate of drug-likeness (QED) is 0.483. The van der Waals surface area contributed by atoms with Crippen molar-refractivity contribution in [3.05, 3.63) is 24.3 Å². The van der Waals surface area contributed by atoms with Crippen molar-refractivity contribution in [1.29, 1.82) is 0 Å². The molecule has 0 unspecified atom stereocenters. The van der Waals surface area contributed by atoms with E-state index in [1.807, 2.05) is 0 Å². The van der Waals surface area contributed by atoms with Gasteiger partial charge in [-0.15, -0.1) is 0 Å². The summed E-state index contributed by atoms with van der Waals surface area (Å²) < 4.78 is 0. The molecule has 0 amide bonds. The van der Waals surface area contributed by atoms with Crippen LogP contribution in [0.15, 0.2) is 24.3 Å². The van der Waals surface area contributed by atoms with Crippen LogP contribution in [0, 0.1) is 5.92 Å². The van der Waals surface area contributed by atoms with Gasteiger partial charge in [-0.3, -0.25) is 0 Å². The fourth-order valence-electron chi connectivity index (χ4n) is 1.15. The van der Waals surface area contributed by atoms with Crippen LogP contribution < -0.4 is 0 Å². The molecule has 0 saturated heterocycles. The number of unbranched alkanes of at least 4 members (excludes halogenated alkanes) is 1. The Bertz CT molecular complexity index is 124. The van der Waals surface area contributed by atoms with Crippen molar-refractivity contribution in [1.82, 2.24) is 0 Å². The Hall–Kier alpha value is -0.000519. The first-order valence-electron chi connectivity index (χ1n) is 3.86. The molecule has 1 aliphatic carbocycles. The van der Waals surface area contributed by atoms with Gasteiger partial charge < -0.3 is 0 Å². The Labute approximate surface area is 71.2 Å². The summed E-state index contributed by atoms with van der Waals surface area (Å²) in [6.45, 7) is 0. The Kier molecular flexibility index (Phi) is 3.86. The van der Waals surface area contributed by atoms with Gasteiger partial charge in [-0.05, 0) is 0 Å². The second-order valence-electron chi connectivity index (χ2n) is 2.63. The van der Waals surface area contributed by atoms with E-state index in [1.54, 1.807) is 0 Å². The van der Waals surface area contributed by atoms with Crippen molar-refractivity contribution in [2.45, 2.75) is 24.6 Å². The molecular weight excluding hydrogens is 187 g/mol. The first-order valence-corrected chi connectivity index (χ1v) is 5.07. The minimum atomic E-state index is 0.742. The summed E-state index contributed by atoms with van der Waals surface area (Å²) in [5, 5.41) is 1.21. The van der Waals surface area contributed by atoms with Crippen molar-refractivity contribution in [3.63, 3.8) is 0 Å². The second kappa shape index (κ2) is 4.76. The van der Waals surface area contributed by atoms with Gasteiger partial charge in [0.15, 0.2) is 0 Å². The molecule has 0 spiro atoms. The molecule has 0 aromatic heterocycles. The van der Waals surface area contributed by atoms with Crippen LogP contribution in [0.5, 0.6) is 0 Å². The van der Waals surface area contributed by atoms with E-state index in [1.165, 1.54) is 24.6 Å². The van der Waals surface area contributed by atoms with Crippen LogP contribution in [-0.2, 0) is 0 Å². The van der Waals surface area contributed by atoms with Gasteiger partial charge in [-0.1, -0.05) is 0 Å². The summed E-state index contributed by atoms with van der Waals surface area (Å²) in [7, 11) is 0. The van der Waals surface area contributed by atoms with Crippen molar-refractivity contribution in [2.75, 3.05) is 0 Å². The van der Waals surface area contributed by atoms with E-state index >= 15 is 0 Å². The van der Waals surface area contributed by atoms with Gasteiger partial charge in [-0.2, -0.15) is 0 Å². The topological polar surface area (TPSA) is 0 Å². The van der Waals surface area contributed by atoms with E-state index in [0.29, 0.717) is 0 Å². The Balaban J connectivity index is 2.03. The van der Waals surface area contributed by atoms with Crippen molar-refractivity contribution < 1.29 is 0 Å². The fourth-order valence-corrected chi connectivity index (χ4v) is 1.58. The average Bonchev–Trinajstić information content (AvgIpc) is 2.41. The van der Waals surface area contributed by atoms with E-state index in [4.69, 9.17) is 0 Å². The van der Waals surface area contributed by atoms with Crippen LogP contribution in [0.1, 0.15) is 19.3 Å². The van der Waals surface area contributed by atoms with E-state index in [0.717, 1.165) is 5.92 Å². The van der Waals surface area contributed by atoms with Crippen LogP contribution in [-0.4, -0.2) is 16.0 Å². The molecule has 1 heteroatoms. The average molecular weight is 200 g/mol. The number of rotatable bonds is 4. The summed E-state index contributed by atoms with van der Waals surface area (Å²) in [6, 6.07) is 0. The molecule has 55 valence electrons. The van der Waals surface area contributed by atoms with Crippen LogP contribution in [0.3, 0.4) is 0 Å². The summed E-state index contributed by atoms with van der Waals surface area (Å²) >= 11 is 3.03. The predicted octanol–water partition coefficient (Wildman–Crippen LogP) is 2.49. The second-order valence-corrected chi connectivity index (χ2v) is 3.49.